The Morgan fingerprint density at radius 2 is 2.14 bits per heavy atom. The van der Waals surface area contributed by atoms with E-state index in [1.807, 2.05) is 25.7 Å². The molecule has 1 aromatic heterocycles. The number of amides is 1. The first kappa shape index (κ1) is 16.1. The van der Waals surface area contributed by atoms with Gasteiger partial charge in [0.15, 0.2) is 0 Å². The minimum absolute atomic E-state index is 0.00682. The number of rotatable bonds is 2. The van der Waals surface area contributed by atoms with Crippen molar-refractivity contribution in [2.75, 3.05) is 18.0 Å². The van der Waals surface area contributed by atoms with E-state index in [1.54, 1.807) is 6.07 Å². The average molecular weight is 333 g/mol. The van der Waals surface area contributed by atoms with E-state index < -0.39 is 11.7 Å². The molecule has 2 rings (SSSR count). The van der Waals surface area contributed by atoms with Gasteiger partial charge in [0.1, 0.15) is 16.6 Å². The Morgan fingerprint density at radius 1 is 1.43 bits per heavy atom. The van der Waals surface area contributed by atoms with E-state index >= 15 is 0 Å². The average Bonchev–Trinajstić information content (AvgIpc) is 2.73. The summed E-state index contributed by atoms with van der Waals surface area (Å²) >= 11 is 11.7. The number of halogens is 2. The summed E-state index contributed by atoms with van der Waals surface area (Å²) in [6.45, 7) is 6.88. The summed E-state index contributed by atoms with van der Waals surface area (Å²) in [5, 5.41) is 3.26. The third kappa shape index (κ3) is 4.89. The summed E-state index contributed by atoms with van der Waals surface area (Å²) in [7, 11) is 0. The number of carbonyl (C=O) groups excluding carboxylic acids is 1. The highest BCUT2D eigenvalue weighted by Crippen LogP contribution is 2.22. The zero-order valence-electron chi connectivity index (χ0n) is 12.2. The quantitative estimate of drug-likeness (QED) is 0.666. The van der Waals surface area contributed by atoms with Crippen molar-refractivity contribution in [1.82, 2.24) is 15.3 Å². The number of carbonyl (C=O) groups is 1. The van der Waals surface area contributed by atoms with Gasteiger partial charge in [-0.15, -0.1) is 0 Å². The van der Waals surface area contributed by atoms with Gasteiger partial charge in [0.2, 0.25) is 5.28 Å². The van der Waals surface area contributed by atoms with Gasteiger partial charge < -0.3 is 15.0 Å². The number of ether oxygens (including phenoxy) is 1. The molecule has 2 heterocycles. The van der Waals surface area contributed by atoms with Gasteiger partial charge >= 0.3 is 6.09 Å². The molecule has 1 atom stereocenters. The van der Waals surface area contributed by atoms with E-state index in [4.69, 9.17) is 27.9 Å². The monoisotopic (exact) mass is 332 g/mol. The highest BCUT2D eigenvalue weighted by molar-refractivity contribution is 6.32. The van der Waals surface area contributed by atoms with Crippen LogP contribution in [-0.4, -0.2) is 40.8 Å². The lowest BCUT2D eigenvalue weighted by atomic mass is 10.2. The Kier molecular flexibility index (Phi) is 4.78. The van der Waals surface area contributed by atoms with E-state index in [0.29, 0.717) is 17.5 Å². The van der Waals surface area contributed by atoms with Crippen molar-refractivity contribution in [2.45, 2.75) is 38.8 Å². The zero-order chi connectivity index (χ0) is 15.6. The van der Waals surface area contributed by atoms with Crippen LogP contribution in [0.2, 0.25) is 10.4 Å². The molecule has 0 aromatic carbocycles. The van der Waals surface area contributed by atoms with Gasteiger partial charge in [0.25, 0.3) is 0 Å². The summed E-state index contributed by atoms with van der Waals surface area (Å²) in [5.41, 5.74) is -0.504. The lowest BCUT2D eigenvalue weighted by molar-refractivity contribution is 0.0509. The molecule has 6 nitrogen and oxygen atoms in total. The predicted molar refractivity (Wildman–Crippen MR) is 82.0 cm³/mol. The van der Waals surface area contributed by atoms with Crippen molar-refractivity contribution in [3.05, 3.63) is 16.5 Å². The van der Waals surface area contributed by atoms with Crippen LogP contribution in [-0.2, 0) is 4.74 Å². The van der Waals surface area contributed by atoms with Crippen LogP contribution in [0.1, 0.15) is 27.2 Å². The minimum atomic E-state index is -0.504. The molecule has 1 unspecified atom stereocenters. The van der Waals surface area contributed by atoms with Gasteiger partial charge in [0, 0.05) is 19.2 Å². The number of hydrogen-bond acceptors (Lipinski definition) is 5. The fraction of sp³-hybridized carbons (Fsp3) is 0.615. The van der Waals surface area contributed by atoms with Crippen molar-refractivity contribution in [1.29, 1.82) is 0 Å². The smallest absolute Gasteiger partial charge is 0.407 e. The van der Waals surface area contributed by atoms with Gasteiger partial charge in [-0.05, 0) is 38.8 Å². The van der Waals surface area contributed by atoms with E-state index in [-0.39, 0.29) is 11.3 Å². The molecular weight excluding hydrogens is 315 g/mol. The first-order valence-electron chi connectivity index (χ1n) is 6.67. The number of hydrogen-bond donors (Lipinski definition) is 1. The molecule has 1 aliphatic rings. The van der Waals surface area contributed by atoms with Crippen molar-refractivity contribution in [2.24, 2.45) is 0 Å². The maximum absolute atomic E-state index is 11.7. The highest BCUT2D eigenvalue weighted by atomic mass is 35.5. The lowest BCUT2D eigenvalue weighted by Crippen LogP contribution is -2.40. The van der Waals surface area contributed by atoms with E-state index in [9.17, 15) is 4.79 Å². The molecule has 21 heavy (non-hydrogen) atoms. The topological polar surface area (TPSA) is 67.3 Å². The lowest BCUT2D eigenvalue weighted by Gasteiger charge is -2.22. The van der Waals surface area contributed by atoms with Crippen LogP contribution in [0.4, 0.5) is 10.6 Å². The standard InChI is InChI=1S/C13H18Cl2N4O2/c1-13(2,3)21-12(20)16-8-4-5-19(7-8)10-6-9(14)17-11(15)18-10/h6,8H,4-5,7H2,1-3H3,(H,16,20). The molecule has 1 fully saturated rings. The summed E-state index contributed by atoms with van der Waals surface area (Å²) in [5.74, 6) is 0.661. The van der Waals surface area contributed by atoms with E-state index in [2.05, 4.69) is 15.3 Å². The molecule has 8 heteroatoms. The summed E-state index contributed by atoms with van der Waals surface area (Å²) < 4.78 is 5.24. The summed E-state index contributed by atoms with van der Waals surface area (Å²) in [4.78, 5) is 21.7. The van der Waals surface area contributed by atoms with Crippen LogP contribution >= 0.6 is 23.2 Å². The normalized spacial score (nSPS) is 18.7. The third-order valence-corrected chi connectivity index (χ3v) is 3.25. The fourth-order valence-corrected chi connectivity index (χ4v) is 2.50. The van der Waals surface area contributed by atoms with Gasteiger partial charge in [-0.1, -0.05) is 11.6 Å². The SMILES string of the molecule is CC(C)(C)OC(=O)NC1CCN(c2cc(Cl)nc(Cl)n2)C1. The van der Waals surface area contributed by atoms with Crippen LogP contribution in [0.3, 0.4) is 0 Å². The third-order valence-electron chi connectivity index (χ3n) is 2.89. The van der Waals surface area contributed by atoms with E-state index in [0.717, 1.165) is 13.0 Å². The number of alkyl carbamates (subject to hydrolysis) is 1. The van der Waals surface area contributed by atoms with Crippen LogP contribution in [0, 0.1) is 0 Å². The first-order chi connectivity index (χ1) is 9.73. The van der Waals surface area contributed by atoms with Crippen LogP contribution in [0.5, 0.6) is 0 Å². The molecular formula is C13H18Cl2N4O2. The molecule has 116 valence electrons. The highest BCUT2D eigenvalue weighted by Gasteiger charge is 2.27. The summed E-state index contributed by atoms with van der Waals surface area (Å²) in [6.07, 6.45) is 0.395. The Morgan fingerprint density at radius 3 is 2.76 bits per heavy atom. The van der Waals surface area contributed by atoms with Crippen LogP contribution in [0.15, 0.2) is 6.07 Å². The number of aromatic nitrogens is 2. The van der Waals surface area contributed by atoms with Gasteiger partial charge in [-0.3, -0.25) is 0 Å². The van der Waals surface area contributed by atoms with Gasteiger partial charge in [-0.2, -0.15) is 0 Å². The fourth-order valence-electron chi connectivity index (χ4n) is 2.10. The first-order valence-corrected chi connectivity index (χ1v) is 7.43. The Hall–Kier alpha value is -1.27. The van der Waals surface area contributed by atoms with Crippen molar-refractivity contribution in [3.63, 3.8) is 0 Å². The van der Waals surface area contributed by atoms with Crippen LogP contribution in [0.25, 0.3) is 0 Å². The molecule has 0 aliphatic carbocycles. The second kappa shape index (κ2) is 6.23. The molecule has 0 bridgehead atoms. The van der Waals surface area contributed by atoms with Crippen molar-refractivity contribution in [3.8, 4) is 0 Å². The number of nitrogens with zero attached hydrogens (tertiary/aromatic N) is 3. The molecule has 1 amide bonds. The molecule has 0 saturated carbocycles. The molecule has 1 aromatic rings. The number of nitrogens with one attached hydrogen (secondary N) is 1. The zero-order valence-corrected chi connectivity index (χ0v) is 13.7. The Bertz CT molecular complexity index is 513. The molecule has 1 saturated heterocycles. The largest absolute Gasteiger partial charge is 0.444 e. The molecule has 1 aliphatic heterocycles. The van der Waals surface area contributed by atoms with E-state index in [1.165, 1.54) is 0 Å². The minimum Gasteiger partial charge on any atom is -0.444 e. The molecule has 0 spiro atoms. The van der Waals surface area contributed by atoms with Crippen molar-refractivity contribution < 1.29 is 9.53 Å². The second-order valence-corrected chi connectivity index (χ2v) is 6.62. The number of anilines is 1. The predicted octanol–water partition coefficient (Wildman–Crippen LogP) is 2.89. The van der Waals surface area contributed by atoms with Crippen LogP contribution < -0.4 is 10.2 Å². The van der Waals surface area contributed by atoms with Gasteiger partial charge in [0.05, 0.1) is 6.04 Å². The maximum Gasteiger partial charge on any atom is 0.407 e. The Labute approximate surface area is 133 Å². The summed E-state index contributed by atoms with van der Waals surface area (Å²) in [6, 6.07) is 1.66. The van der Waals surface area contributed by atoms with Crippen molar-refractivity contribution >= 4 is 35.1 Å². The molecule has 1 N–H and O–H groups in total. The maximum atomic E-state index is 11.7. The Balaban J connectivity index is 1.93. The molecule has 0 radical (unpaired) electrons. The van der Waals surface area contributed by atoms with Gasteiger partial charge in [-0.25, -0.2) is 14.8 Å². The second-order valence-electron chi connectivity index (χ2n) is 5.90.